The van der Waals surface area contributed by atoms with Crippen LogP contribution in [0.15, 0.2) is 16.7 Å². The second-order valence-corrected chi connectivity index (χ2v) is 5.01. The maximum Gasteiger partial charge on any atom is 0.167 e. The molecule has 0 saturated heterocycles. The second kappa shape index (κ2) is 4.65. The van der Waals surface area contributed by atoms with Gasteiger partial charge in [0.15, 0.2) is 5.76 Å². The Morgan fingerprint density at radius 2 is 1.65 bits per heavy atom. The molecule has 0 aliphatic heterocycles. The van der Waals surface area contributed by atoms with Gasteiger partial charge in [-0.15, -0.1) is 0 Å². The number of aromatic nitrogens is 1. The zero-order valence-electron chi connectivity index (χ0n) is 10.6. The van der Waals surface area contributed by atoms with E-state index in [1.165, 1.54) is 27.8 Å². The molecule has 0 N–H and O–H groups in total. The van der Waals surface area contributed by atoms with E-state index < -0.39 is 0 Å². The summed E-state index contributed by atoms with van der Waals surface area (Å²) in [6.07, 6.45) is 0. The first kappa shape index (κ1) is 12.4. The molecule has 2 aromatic rings. The number of hydrogen-bond donors (Lipinski definition) is 0. The number of nitrogens with zero attached hydrogens (tertiary/aromatic N) is 1. The minimum absolute atomic E-state index is 0.722. The summed E-state index contributed by atoms with van der Waals surface area (Å²) in [7, 11) is 0. The van der Waals surface area contributed by atoms with Crippen LogP contribution in [0.3, 0.4) is 0 Å². The standard InChI is InChI=1S/C14H16BrNO/c1-8-5-9(2)11(4)14(10(8)3)13-6-12(7-15)16-17-13/h5-6H,7H2,1-4H3. The summed E-state index contributed by atoms with van der Waals surface area (Å²) in [6.45, 7) is 8.53. The Labute approximate surface area is 110 Å². The van der Waals surface area contributed by atoms with E-state index in [0.29, 0.717) is 0 Å². The molecular formula is C14H16BrNO. The Bertz CT molecular complexity index is 531. The smallest absolute Gasteiger partial charge is 0.167 e. The minimum atomic E-state index is 0.722. The van der Waals surface area contributed by atoms with Crippen LogP contribution in [0.25, 0.3) is 11.3 Å². The third-order valence-electron chi connectivity index (χ3n) is 3.31. The number of benzene rings is 1. The van der Waals surface area contributed by atoms with Crippen LogP contribution in [0, 0.1) is 27.7 Å². The van der Waals surface area contributed by atoms with Crippen LogP contribution < -0.4 is 0 Å². The van der Waals surface area contributed by atoms with Crippen LogP contribution >= 0.6 is 15.9 Å². The van der Waals surface area contributed by atoms with Crippen LogP contribution in [-0.4, -0.2) is 5.16 Å². The topological polar surface area (TPSA) is 26.0 Å². The molecule has 0 amide bonds. The van der Waals surface area contributed by atoms with E-state index in [9.17, 15) is 0 Å². The second-order valence-electron chi connectivity index (χ2n) is 4.45. The Balaban J connectivity index is 2.65. The first-order valence-corrected chi connectivity index (χ1v) is 6.76. The van der Waals surface area contributed by atoms with Gasteiger partial charge in [0.25, 0.3) is 0 Å². The van der Waals surface area contributed by atoms with Crippen LogP contribution in [-0.2, 0) is 5.33 Å². The van der Waals surface area contributed by atoms with Crippen molar-refractivity contribution in [3.63, 3.8) is 0 Å². The van der Waals surface area contributed by atoms with Crippen molar-refractivity contribution in [2.45, 2.75) is 33.0 Å². The highest BCUT2D eigenvalue weighted by Crippen LogP contribution is 2.32. The molecule has 1 aromatic heterocycles. The van der Waals surface area contributed by atoms with E-state index >= 15 is 0 Å². The average molecular weight is 294 g/mol. The van der Waals surface area contributed by atoms with E-state index in [2.05, 4.69) is 54.8 Å². The number of aryl methyl sites for hydroxylation is 2. The molecule has 0 saturated carbocycles. The first-order chi connectivity index (χ1) is 8.04. The summed E-state index contributed by atoms with van der Waals surface area (Å²) >= 11 is 3.39. The van der Waals surface area contributed by atoms with Crippen molar-refractivity contribution in [2.75, 3.05) is 0 Å². The first-order valence-electron chi connectivity index (χ1n) is 5.64. The summed E-state index contributed by atoms with van der Waals surface area (Å²) < 4.78 is 5.43. The summed E-state index contributed by atoms with van der Waals surface area (Å²) in [5, 5.41) is 4.75. The molecule has 2 nitrogen and oxygen atoms in total. The third kappa shape index (κ3) is 2.16. The van der Waals surface area contributed by atoms with Gasteiger partial charge in [-0.3, -0.25) is 0 Å². The summed E-state index contributed by atoms with van der Waals surface area (Å²) in [6, 6.07) is 4.22. The van der Waals surface area contributed by atoms with Crippen molar-refractivity contribution in [2.24, 2.45) is 0 Å². The molecule has 0 unspecified atom stereocenters. The summed E-state index contributed by atoms with van der Waals surface area (Å²) in [5.74, 6) is 0.862. The Morgan fingerprint density at radius 1 is 1.06 bits per heavy atom. The summed E-state index contributed by atoms with van der Waals surface area (Å²) in [5.41, 5.74) is 7.23. The molecule has 0 spiro atoms. The maximum atomic E-state index is 5.43. The molecule has 0 bridgehead atoms. The van der Waals surface area contributed by atoms with Gasteiger partial charge in [0.05, 0.1) is 5.69 Å². The minimum Gasteiger partial charge on any atom is -0.356 e. The number of halogens is 1. The Hall–Kier alpha value is -1.09. The maximum absolute atomic E-state index is 5.43. The van der Waals surface area contributed by atoms with E-state index in [4.69, 9.17) is 4.52 Å². The Morgan fingerprint density at radius 3 is 2.12 bits per heavy atom. The van der Waals surface area contributed by atoms with Gasteiger partial charge in [-0.25, -0.2) is 0 Å². The molecule has 0 atom stereocenters. The van der Waals surface area contributed by atoms with Gasteiger partial charge in [0.1, 0.15) is 0 Å². The van der Waals surface area contributed by atoms with E-state index in [1.807, 2.05) is 6.07 Å². The fourth-order valence-corrected chi connectivity index (χ4v) is 2.34. The molecule has 1 aromatic carbocycles. The predicted molar refractivity (Wildman–Crippen MR) is 73.5 cm³/mol. The summed E-state index contributed by atoms with van der Waals surface area (Å²) in [4.78, 5) is 0. The van der Waals surface area contributed by atoms with Gasteiger partial charge in [-0.05, 0) is 49.9 Å². The van der Waals surface area contributed by atoms with Crippen molar-refractivity contribution >= 4 is 15.9 Å². The van der Waals surface area contributed by atoms with Crippen LogP contribution in [0.1, 0.15) is 27.9 Å². The number of hydrogen-bond acceptors (Lipinski definition) is 2. The monoisotopic (exact) mass is 293 g/mol. The molecule has 90 valence electrons. The van der Waals surface area contributed by atoms with Crippen LogP contribution in [0.5, 0.6) is 0 Å². The SMILES string of the molecule is Cc1cc(C)c(C)c(-c2cc(CBr)no2)c1C. The highest BCUT2D eigenvalue weighted by Gasteiger charge is 2.14. The third-order valence-corrected chi connectivity index (χ3v) is 3.88. The molecule has 2 rings (SSSR count). The fourth-order valence-electron chi connectivity index (χ4n) is 2.08. The zero-order valence-corrected chi connectivity index (χ0v) is 12.2. The van der Waals surface area contributed by atoms with E-state index in [0.717, 1.165) is 16.8 Å². The quantitative estimate of drug-likeness (QED) is 0.764. The van der Waals surface area contributed by atoms with Crippen LogP contribution in [0.2, 0.25) is 0 Å². The average Bonchev–Trinajstić information content (AvgIpc) is 2.75. The lowest BCUT2D eigenvalue weighted by Crippen LogP contribution is -1.94. The van der Waals surface area contributed by atoms with Crippen molar-refractivity contribution in [3.8, 4) is 11.3 Å². The molecule has 0 aliphatic rings. The van der Waals surface area contributed by atoms with Gasteiger partial charge in [-0.1, -0.05) is 27.2 Å². The molecule has 0 radical (unpaired) electrons. The number of rotatable bonds is 2. The lowest BCUT2D eigenvalue weighted by atomic mass is 9.93. The normalized spacial score (nSPS) is 10.9. The van der Waals surface area contributed by atoms with E-state index in [1.54, 1.807) is 0 Å². The molecule has 0 aliphatic carbocycles. The molecule has 17 heavy (non-hydrogen) atoms. The van der Waals surface area contributed by atoms with Crippen molar-refractivity contribution < 1.29 is 4.52 Å². The van der Waals surface area contributed by atoms with Crippen molar-refractivity contribution in [1.29, 1.82) is 0 Å². The van der Waals surface area contributed by atoms with Gasteiger partial charge >= 0.3 is 0 Å². The van der Waals surface area contributed by atoms with Crippen molar-refractivity contribution in [3.05, 3.63) is 40.1 Å². The molecule has 3 heteroatoms. The largest absolute Gasteiger partial charge is 0.356 e. The lowest BCUT2D eigenvalue weighted by molar-refractivity contribution is 0.426. The predicted octanol–water partition coefficient (Wildman–Crippen LogP) is 4.47. The zero-order chi connectivity index (χ0) is 12.6. The molecular weight excluding hydrogens is 278 g/mol. The number of alkyl halides is 1. The van der Waals surface area contributed by atoms with Gasteiger partial charge in [-0.2, -0.15) is 0 Å². The van der Waals surface area contributed by atoms with E-state index in [-0.39, 0.29) is 0 Å². The van der Waals surface area contributed by atoms with Gasteiger partial charge < -0.3 is 4.52 Å². The van der Waals surface area contributed by atoms with Crippen LogP contribution in [0.4, 0.5) is 0 Å². The lowest BCUT2D eigenvalue weighted by Gasteiger charge is -2.12. The highest BCUT2D eigenvalue weighted by atomic mass is 79.9. The van der Waals surface area contributed by atoms with Gasteiger partial charge in [0, 0.05) is 17.0 Å². The van der Waals surface area contributed by atoms with Gasteiger partial charge in [0.2, 0.25) is 0 Å². The van der Waals surface area contributed by atoms with Crippen molar-refractivity contribution in [1.82, 2.24) is 5.16 Å². The molecule has 0 fully saturated rings. The molecule has 1 heterocycles. The highest BCUT2D eigenvalue weighted by molar-refractivity contribution is 9.08. The Kier molecular flexibility index (Phi) is 3.38. The fraction of sp³-hybridized carbons (Fsp3) is 0.357.